The number of para-hydroxylation sites is 1. The minimum atomic E-state index is -0.608. The molecule has 1 amide bonds. The molecule has 132 valence electrons. The lowest BCUT2D eigenvalue weighted by molar-refractivity contribution is -0.145. The summed E-state index contributed by atoms with van der Waals surface area (Å²) in [7, 11) is 0. The minimum absolute atomic E-state index is 0.0645. The summed E-state index contributed by atoms with van der Waals surface area (Å²) >= 11 is 9.53. The molecule has 1 aliphatic rings. The fraction of sp³-hybridized carbons (Fsp3) is 0.316. The van der Waals surface area contributed by atoms with Crippen LogP contribution in [0.2, 0.25) is 5.02 Å². The number of benzene rings is 2. The zero-order valence-corrected chi connectivity index (χ0v) is 16.2. The lowest BCUT2D eigenvalue weighted by Gasteiger charge is -2.34. The molecule has 0 N–H and O–H groups in total. The predicted molar refractivity (Wildman–Crippen MR) is 101 cm³/mol. The second-order valence-corrected chi connectivity index (χ2v) is 7.21. The predicted octanol–water partition coefficient (Wildman–Crippen LogP) is 4.47. The van der Waals surface area contributed by atoms with Crippen LogP contribution in [0.15, 0.2) is 53.0 Å². The van der Waals surface area contributed by atoms with Crippen molar-refractivity contribution in [2.45, 2.75) is 19.1 Å². The monoisotopic (exact) mass is 423 g/mol. The molecule has 4 nitrogen and oxygen atoms in total. The van der Waals surface area contributed by atoms with Crippen LogP contribution in [0.3, 0.4) is 0 Å². The van der Waals surface area contributed by atoms with E-state index in [-0.39, 0.29) is 12.0 Å². The van der Waals surface area contributed by atoms with Gasteiger partial charge in [0.1, 0.15) is 11.9 Å². The molecule has 0 aliphatic carbocycles. The Bertz CT molecular complexity index is 738. The highest BCUT2D eigenvalue weighted by Crippen LogP contribution is 2.26. The number of halogens is 2. The Morgan fingerprint density at radius 2 is 2.00 bits per heavy atom. The molecule has 1 heterocycles. The van der Waals surface area contributed by atoms with Crippen molar-refractivity contribution in [3.05, 3.63) is 63.6 Å². The third kappa shape index (κ3) is 4.54. The van der Waals surface area contributed by atoms with Gasteiger partial charge in [0.25, 0.3) is 5.91 Å². The van der Waals surface area contributed by atoms with Crippen LogP contribution in [0.4, 0.5) is 0 Å². The van der Waals surface area contributed by atoms with Crippen LogP contribution in [-0.2, 0) is 9.53 Å². The fourth-order valence-electron chi connectivity index (χ4n) is 2.77. The van der Waals surface area contributed by atoms with Gasteiger partial charge in [-0.3, -0.25) is 4.79 Å². The number of ether oxygens (including phenoxy) is 2. The summed E-state index contributed by atoms with van der Waals surface area (Å²) in [5, 5.41) is 0.497. The first kappa shape index (κ1) is 18.2. The smallest absolute Gasteiger partial charge is 0.263 e. The second kappa shape index (κ2) is 8.21. The van der Waals surface area contributed by atoms with Gasteiger partial charge in [0.15, 0.2) is 6.10 Å². The molecule has 6 heteroatoms. The van der Waals surface area contributed by atoms with Crippen molar-refractivity contribution < 1.29 is 14.3 Å². The Hall–Kier alpha value is -1.56. The Kier molecular flexibility index (Phi) is 5.99. The summed E-state index contributed by atoms with van der Waals surface area (Å²) in [5.74, 6) is 0.452. The van der Waals surface area contributed by atoms with E-state index in [0.717, 1.165) is 10.0 Å². The number of carbonyl (C=O) groups is 1. The van der Waals surface area contributed by atoms with Crippen molar-refractivity contribution in [3.63, 3.8) is 0 Å². The zero-order valence-electron chi connectivity index (χ0n) is 13.8. The molecule has 1 aliphatic heterocycles. The molecular formula is C19H19BrClNO3. The highest BCUT2D eigenvalue weighted by atomic mass is 79.9. The minimum Gasteiger partial charge on any atom is -0.479 e. The molecule has 0 radical (unpaired) electrons. The molecule has 25 heavy (non-hydrogen) atoms. The summed E-state index contributed by atoms with van der Waals surface area (Å²) in [6.45, 7) is 3.32. The SMILES string of the molecule is CC(Oc1ccccc1Cl)C(=O)N1CCOC(c2ccc(Br)cc2)C1. The van der Waals surface area contributed by atoms with E-state index < -0.39 is 6.10 Å². The average molecular weight is 425 g/mol. The van der Waals surface area contributed by atoms with E-state index in [1.54, 1.807) is 24.0 Å². The van der Waals surface area contributed by atoms with Crippen molar-refractivity contribution >= 4 is 33.4 Å². The first-order valence-corrected chi connectivity index (χ1v) is 9.28. The van der Waals surface area contributed by atoms with Gasteiger partial charge in [-0.25, -0.2) is 0 Å². The molecule has 0 aromatic heterocycles. The molecule has 1 fully saturated rings. The van der Waals surface area contributed by atoms with Crippen LogP contribution in [0.5, 0.6) is 5.75 Å². The topological polar surface area (TPSA) is 38.8 Å². The second-order valence-electron chi connectivity index (χ2n) is 5.89. The average Bonchev–Trinajstić information content (AvgIpc) is 2.63. The van der Waals surface area contributed by atoms with Gasteiger partial charge >= 0.3 is 0 Å². The van der Waals surface area contributed by atoms with Crippen molar-refractivity contribution in [3.8, 4) is 5.75 Å². The number of hydrogen-bond acceptors (Lipinski definition) is 3. The number of amides is 1. The maximum atomic E-state index is 12.7. The van der Waals surface area contributed by atoms with Gasteiger partial charge in [0.05, 0.1) is 18.2 Å². The van der Waals surface area contributed by atoms with Crippen molar-refractivity contribution in [2.75, 3.05) is 19.7 Å². The molecular weight excluding hydrogens is 406 g/mol. The van der Waals surface area contributed by atoms with Crippen molar-refractivity contribution in [1.29, 1.82) is 0 Å². The van der Waals surface area contributed by atoms with E-state index in [9.17, 15) is 4.79 Å². The summed E-state index contributed by atoms with van der Waals surface area (Å²) < 4.78 is 12.6. The Morgan fingerprint density at radius 1 is 1.28 bits per heavy atom. The normalized spacial score (nSPS) is 18.7. The molecule has 2 aromatic rings. The Balaban J connectivity index is 1.65. The van der Waals surface area contributed by atoms with Gasteiger partial charge in [0.2, 0.25) is 0 Å². The first-order chi connectivity index (χ1) is 12.0. The molecule has 2 atom stereocenters. The van der Waals surface area contributed by atoms with Gasteiger partial charge in [-0.2, -0.15) is 0 Å². The van der Waals surface area contributed by atoms with Gasteiger partial charge < -0.3 is 14.4 Å². The molecule has 0 spiro atoms. The number of morpholine rings is 1. The van der Waals surface area contributed by atoms with Crippen molar-refractivity contribution in [1.82, 2.24) is 4.90 Å². The largest absolute Gasteiger partial charge is 0.479 e. The summed E-state index contributed by atoms with van der Waals surface area (Å²) in [6, 6.07) is 15.1. The van der Waals surface area contributed by atoms with Crippen LogP contribution < -0.4 is 4.74 Å². The third-order valence-corrected chi connectivity index (χ3v) is 4.95. The van der Waals surface area contributed by atoms with Crippen LogP contribution in [-0.4, -0.2) is 36.6 Å². The maximum Gasteiger partial charge on any atom is 0.263 e. The fourth-order valence-corrected chi connectivity index (χ4v) is 3.21. The number of carbonyl (C=O) groups excluding carboxylic acids is 1. The molecule has 2 aromatic carbocycles. The van der Waals surface area contributed by atoms with E-state index >= 15 is 0 Å². The first-order valence-electron chi connectivity index (χ1n) is 8.11. The molecule has 1 saturated heterocycles. The van der Waals surface area contributed by atoms with E-state index in [0.29, 0.717) is 30.5 Å². The standard InChI is InChI=1S/C19H19BrClNO3/c1-13(25-17-5-3-2-4-16(17)21)19(23)22-10-11-24-18(12-22)14-6-8-15(20)9-7-14/h2-9,13,18H,10-12H2,1H3. The molecule has 0 bridgehead atoms. The number of hydrogen-bond donors (Lipinski definition) is 0. The quantitative estimate of drug-likeness (QED) is 0.727. The highest BCUT2D eigenvalue weighted by molar-refractivity contribution is 9.10. The van der Waals surface area contributed by atoms with Crippen LogP contribution in [0, 0.1) is 0 Å². The van der Waals surface area contributed by atoms with Gasteiger partial charge in [-0.05, 0) is 36.8 Å². The molecule has 3 rings (SSSR count). The van der Waals surface area contributed by atoms with Crippen LogP contribution in [0.25, 0.3) is 0 Å². The van der Waals surface area contributed by atoms with Crippen LogP contribution >= 0.6 is 27.5 Å². The van der Waals surface area contributed by atoms with Crippen LogP contribution in [0.1, 0.15) is 18.6 Å². The van der Waals surface area contributed by atoms with Gasteiger partial charge in [-0.15, -0.1) is 0 Å². The van der Waals surface area contributed by atoms with E-state index in [2.05, 4.69) is 15.9 Å². The van der Waals surface area contributed by atoms with E-state index in [1.165, 1.54) is 0 Å². The highest BCUT2D eigenvalue weighted by Gasteiger charge is 2.29. The van der Waals surface area contributed by atoms with E-state index in [4.69, 9.17) is 21.1 Å². The number of nitrogens with zero attached hydrogens (tertiary/aromatic N) is 1. The Morgan fingerprint density at radius 3 is 2.72 bits per heavy atom. The van der Waals surface area contributed by atoms with Crippen molar-refractivity contribution in [2.24, 2.45) is 0 Å². The lowest BCUT2D eigenvalue weighted by atomic mass is 10.1. The Labute approximate surface area is 160 Å². The number of rotatable bonds is 4. The molecule has 2 unspecified atom stereocenters. The summed E-state index contributed by atoms with van der Waals surface area (Å²) in [6.07, 6.45) is -0.734. The lowest BCUT2D eigenvalue weighted by Crippen LogP contribution is -2.47. The van der Waals surface area contributed by atoms with Gasteiger partial charge in [-0.1, -0.05) is 51.8 Å². The van der Waals surface area contributed by atoms with Gasteiger partial charge in [0, 0.05) is 11.0 Å². The third-order valence-electron chi connectivity index (χ3n) is 4.11. The molecule has 0 saturated carbocycles. The summed E-state index contributed by atoms with van der Waals surface area (Å²) in [5.41, 5.74) is 1.06. The maximum absolute atomic E-state index is 12.7. The van der Waals surface area contributed by atoms with E-state index in [1.807, 2.05) is 36.4 Å². The zero-order chi connectivity index (χ0) is 17.8. The summed E-state index contributed by atoms with van der Waals surface area (Å²) in [4.78, 5) is 14.5.